The average molecular weight is 393 g/mol. The fourth-order valence-corrected chi connectivity index (χ4v) is 4.41. The van der Waals surface area contributed by atoms with Crippen LogP contribution >= 0.6 is 0 Å². The summed E-state index contributed by atoms with van der Waals surface area (Å²) in [7, 11) is 0. The second kappa shape index (κ2) is 8.26. The maximum absolute atomic E-state index is 12.9. The fraction of sp³-hybridized carbons (Fsp3) is 0.500. The van der Waals surface area contributed by atoms with E-state index < -0.39 is 0 Å². The van der Waals surface area contributed by atoms with Gasteiger partial charge in [-0.3, -0.25) is 9.69 Å². The maximum atomic E-state index is 12.9. The van der Waals surface area contributed by atoms with Crippen LogP contribution in [0.2, 0.25) is 0 Å². The lowest BCUT2D eigenvalue weighted by Crippen LogP contribution is -2.51. The number of nitriles is 1. The van der Waals surface area contributed by atoms with Gasteiger partial charge in [-0.05, 0) is 31.9 Å². The fourth-order valence-electron chi connectivity index (χ4n) is 4.41. The van der Waals surface area contributed by atoms with Crippen LogP contribution in [0.4, 0.5) is 5.88 Å². The van der Waals surface area contributed by atoms with Crippen molar-refractivity contribution in [3.63, 3.8) is 0 Å². The van der Waals surface area contributed by atoms with Crippen LogP contribution in [0.1, 0.15) is 41.6 Å². The third kappa shape index (κ3) is 4.13. The van der Waals surface area contributed by atoms with Crippen molar-refractivity contribution in [3.8, 4) is 6.07 Å². The van der Waals surface area contributed by atoms with E-state index in [1.54, 1.807) is 6.92 Å². The first-order valence-electron chi connectivity index (χ1n) is 10.3. The molecule has 0 radical (unpaired) electrons. The number of oxazole rings is 1. The van der Waals surface area contributed by atoms with Crippen LogP contribution in [0.15, 0.2) is 28.7 Å². The Morgan fingerprint density at radius 2 is 2.03 bits per heavy atom. The van der Waals surface area contributed by atoms with Gasteiger partial charge in [-0.25, -0.2) is 4.98 Å². The highest BCUT2D eigenvalue weighted by Crippen LogP contribution is 2.32. The largest absolute Gasteiger partial charge is 0.424 e. The molecule has 2 aliphatic heterocycles. The number of aryl methyl sites for hydroxylation is 2. The summed E-state index contributed by atoms with van der Waals surface area (Å²) in [6.45, 7) is 7.84. The number of carbonyl (C=O) groups excluding carboxylic acids is 1. The summed E-state index contributed by atoms with van der Waals surface area (Å²) in [6, 6.07) is 11.0. The molecule has 2 fully saturated rings. The first-order valence-corrected chi connectivity index (χ1v) is 10.3. The average Bonchev–Trinajstić information content (AvgIpc) is 3.34. The van der Waals surface area contributed by atoms with Crippen LogP contribution in [0.25, 0.3) is 0 Å². The zero-order valence-corrected chi connectivity index (χ0v) is 17.1. The van der Waals surface area contributed by atoms with Gasteiger partial charge in [-0.15, -0.1) is 0 Å². The van der Waals surface area contributed by atoms with Crippen molar-refractivity contribution >= 4 is 11.8 Å². The molecule has 0 bridgehead atoms. The number of likely N-dealkylation sites (tertiary alicyclic amines) is 1. The Morgan fingerprint density at radius 1 is 1.24 bits per heavy atom. The van der Waals surface area contributed by atoms with Crippen molar-refractivity contribution in [2.24, 2.45) is 0 Å². The van der Waals surface area contributed by atoms with E-state index in [-0.39, 0.29) is 5.91 Å². The number of anilines is 1. The molecule has 2 aliphatic rings. The van der Waals surface area contributed by atoms with Crippen LogP contribution in [-0.2, 0) is 4.79 Å². The Hall–Kier alpha value is -2.85. The Bertz CT molecular complexity index is 924. The van der Waals surface area contributed by atoms with Crippen molar-refractivity contribution in [1.29, 1.82) is 5.26 Å². The summed E-state index contributed by atoms with van der Waals surface area (Å²) in [5.41, 5.74) is 2.89. The quantitative estimate of drug-likeness (QED) is 0.795. The molecule has 1 unspecified atom stereocenters. The number of hydrogen-bond donors (Lipinski definition) is 0. The minimum absolute atomic E-state index is 0.179. The molecule has 1 aromatic heterocycles. The number of rotatable bonds is 4. The van der Waals surface area contributed by atoms with Crippen LogP contribution in [-0.4, -0.2) is 60.0 Å². The number of hydrogen-bond acceptors (Lipinski definition) is 6. The van der Waals surface area contributed by atoms with E-state index in [0.29, 0.717) is 56.2 Å². The summed E-state index contributed by atoms with van der Waals surface area (Å²) in [6.07, 6.45) is 2.23. The lowest BCUT2D eigenvalue weighted by molar-refractivity contribution is -0.133. The molecule has 4 rings (SSSR count). The van der Waals surface area contributed by atoms with Gasteiger partial charge in [-0.1, -0.05) is 29.8 Å². The lowest BCUT2D eigenvalue weighted by Gasteiger charge is -2.36. The molecule has 29 heavy (non-hydrogen) atoms. The molecule has 2 saturated heterocycles. The van der Waals surface area contributed by atoms with E-state index in [4.69, 9.17) is 4.42 Å². The highest BCUT2D eigenvalue weighted by Gasteiger charge is 2.31. The number of piperazine rings is 1. The van der Waals surface area contributed by atoms with Gasteiger partial charge in [0.15, 0.2) is 5.89 Å². The Balaban J connectivity index is 1.36. The van der Waals surface area contributed by atoms with Gasteiger partial charge in [0.2, 0.25) is 17.5 Å². The molecule has 0 saturated carbocycles. The second-order valence-corrected chi connectivity index (χ2v) is 7.91. The van der Waals surface area contributed by atoms with Crippen molar-refractivity contribution < 1.29 is 9.21 Å². The minimum Gasteiger partial charge on any atom is -0.424 e. The maximum Gasteiger partial charge on any atom is 0.236 e. The zero-order chi connectivity index (χ0) is 20.4. The molecule has 1 aromatic carbocycles. The summed E-state index contributed by atoms with van der Waals surface area (Å²) in [4.78, 5) is 23.3. The van der Waals surface area contributed by atoms with Crippen LogP contribution in [0.3, 0.4) is 0 Å². The number of aromatic nitrogens is 1. The Morgan fingerprint density at radius 3 is 2.76 bits per heavy atom. The minimum atomic E-state index is 0.179. The monoisotopic (exact) mass is 393 g/mol. The van der Waals surface area contributed by atoms with Gasteiger partial charge in [-0.2, -0.15) is 5.26 Å². The number of nitrogens with zero attached hydrogens (tertiary/aromatic N) is 5. The van der Waals surface area contributed by atoms with Crippen molar-refractivity contribution in [2.45, 2.75) is 32.7 Å². The van der Waals surface area contributed by atoms with Crippen molar-refractivity contribution in [1.82, 2.24) is 14.8 Å². The predicted molar refractivity (Wildman–Crippen MR) is 109 cm³/mol. The Labute approximate surface area is 171 Å². The summed E-state index contributed by atoms with van der Waals surface area (Å²) in [5.74, 6) is 1.20. The molecular weight excluding hydrogens is 366 g/mol. The van der Waals surface area contributed by atoms with Gasteiger partial charge in [0.1, 0.15) is 6.07 Å². The van der Waals surface area contributed by atoms with Crippen molar-refractivity contribution in [3.05, 3.63) is 47.0 Å². The van der Waals surface area contributed by atoms with E-state index in [0.717, 1.165) is 19.4 Å². The van der Waals surface area contributed by atoms with Crippen LogP contribution in [0, 0.1) is 25.2 Å². The highest BCUT2D eigenvalue weighted by molar-refractivity contribution is 5.78. The zero-order valence-electron chi connectivity index (χ0n) is 17.1. The van der Waals surface area contributed by atoms with Crippen LogP contribution in [0.5, 0.6) is 0 Å². The number of carbonyl (C=O) groups is 1. The van der Waals surface area contributed by atoms with E-state index in [1.165, 1.54) is 11.1 Å². The van der Waals surface area contributed by atoms with Gasteiger partial charge in [0.25, 0.3) is 0 Å². The molecule has 152 valence electrons. The van der Waals surface area contributed by atoms with Crippen LogP contribution < -0.4 is 4.90 Å². The normalized spacial score (nSPS) is 20.1. The van der Waals surface area contributed by atoms with Gasteiger partial charge >= 0.3 is 0 Å². The van der Waals surface area contributed by atoms with E-state index >= 15 is 0 Å². The van der Waals surface area contributed by atoms with Gasteiger partial charge in [0.05, 0.1) is 6.54 Å². The lowest BCUT2D eigenvalue weighted by atomic mass is 10.0. The Kier molecular flexibility index (Phi) is 5.54. The highest BCUT2D eigenvalue weighted by atomic mass is 16.4. The molecule has 0 aliphatic carbocycles. The van der Waals surface area contributed by atoms with Crippen molar-refractivity contribution in [2.75, 3.05) is 44.2 Å². The SMILES string of the molecule is Cc1cccc(C2CCCN2CC(=O)N2CCN(c3oc(C)nc3C#N)CC2)c1. The molecule has 1 amide bonds. The summed E-state index contributed by atoms with van der Waals surface area (Å²) in [5, 5.41) is 9.23. The van der Waals surface area contributed by atoms with Gasteiger partial charge in [0, 0.05) is 39.1 Å². The summed E-state index contributed by atoms with van der Waals surface area (Å²) < 4.78 is 5.60. The van der Waals surface area contributed by atoms with Gasteiger partial charge < -0.3 is 14.2 Å². The number of amides is 1. The molecule has 0 N–H and O–H groups in total. The second-order valence-electron chi connectivity index (χ2n) is 7.91. The first-order chi connectivity index (χ1) is 14.0. The van der Waals surface area contributed by atoms with E-state index in [2.05, 4.69) is 47.1 Å². The molecule has 7 nitrogen and oxygen atoms in total. The molecular formula is C22H27N5O2. The standard InChI is InChI=1S/C22H27N5O2/c1-16-5-3-6-18(13-16)20-7-4-8-27(20)15-21(28)25-9-11-26(12-10-25)22-19(14-23)24-17(2)29-22/h3,5-6,13,20H,4,7-12,15H2,1-2H3. The van der Waals surface area contributed by atoms with E-state index in [9.17, 15) is 10.1 Å². The molecule has 7 heteroatoms. The predicted octanol–water partition coefficient (Wildman–Crippen LogP) is 2.65. The molecule has 2 aromatic rings. The number of benzene rings is 1. The topological polar surface area (TPSA) is 76.6 Å². The third-order valence-corrected chi connectivity index (χ3v) is 5.87. The smallest absolute Gasteiger partial charge is 0.236 e. The molecule has 0 spiro atoms. The molecule has 1 atom stereocenters. The molecule has 3 heterocycles. The first kappa shape index (κ1) is 19.5. The van der Waals surface area contributed by atoms with E-state index in [1.807, 2.05) is 9.80 Å². The summed E-state index contributed by atoms with van der Waals surface area (Å²) >= 11 is 0. The third-order valence-electron chi connectivity index (χ3n) is 5.87.